The minimum Gasteiger partial charge on any atom is -0.309 e. The van der Waals surface area contributed by atoms with Crippen LogP contribution in [0, 0.1) is 0 Å². The van der Waals surface area contributed by atoms with Crippen molar-refractivity contribution >= 4 is 29.4 Å². The number of rotatable bonds is 8. The molecule has 0 atom stereocenters. The maximum Gasteiger partial charge on any atom is 0.191 e. The van der Waals surface area contributed by atoms with Crippen LogP contribution in [0.3, 0.4) is 0 Å². The number of aromatic nitrogens is 3. The summed E-state index contributed by atoms with van der Waals surface area (Å²) in [6.07, 6.45) is 8.39. The van der Waals surface area contributed by atoms with Gasteiger partial charge in [-0.15, -0.1) is 10.2 Å². The van der Waals surface area contributed by atoms with Crippen LogP contribution in [0.4, 0.5) is 0 Å². The fourth-order valence-corrected chi connectivity index (χ4v) is 5.81. The lowest BCUT2D eigenvalue weighted by atomic mass is 9.96. The lowest BCUT2D eigenvalue weighted by molar-refractivity contribution is 0.226. The van der Waals surface area contributed by atoms with Gasteiger partial charge in [0.05, 0.1) is 0 Å². The van der Waals surface area contributed by atoms with E-state index >= 15 is 0 Å². The molecule has 2 aliphatic heterocycles. The van der Waals surface area contributed by atoms with Crippen LogP contribution in [0.2, 0.25) is 0 Å². The lowest BCUT2D eigenvalue weighted by Crippen LogP contribution is -2.34. The summed E-state index contributed by atoms with van der Waals surface area (Å²) in [5.74, 6) is 2.73. The number of hydrogen-bond acceptors (Lipinski definition) is 5. The third kappa shape index (κ3) is 6.58. The smallest absolute Gasteiger partial charge is 0.191 e. The van der Waals surface area contributed by atoms with Crippen molar-refractivity contribution in [1.29, 1.82) is 0 Å². The van der Waals surface area contributed by atoms with Gasteiger partial charge in [0, 0.05) is 36.8 Å². The number of hydrogen-bond donors (Lipinski definition) is 0. The van der Waals surface area contributed by atoms with Gasteiger partial charge in [-0.1, -0.05) is 60.1 Å². The predicted octanol–water partition coefficient (Wildman–Crippen LogP) is 4.85. The van der Waals surface area contributed by atoms with E-state index in [-0.39, 0.29) is 0 Å². The Bertz CT molecular complexity index is 839. The van der Waals surface area contributed by atoms with Gasteiger partial charge in [0.1, 0.15) is 5.82 Å². The maximum absolute atomic E-state index is 6.52. The molecule has 0 radical (unpaired) electrons. The Labute approximate surface area is 195 Å². The summed E-state index contributed by atoms with van der Waals surface area (Å²) in [5.41, 5.74) is 1.16. The van der Waals surface area contributed by atoms with Gasteiger partial charge >= 0.3 is 0 Å². The van der Waals surface area contributed by atoms with E-state index in [0.717, 1.165) is 66.4 Å². The minimum atomic E-state index is 0.488. The molecule has 5 nitrogen and oxygen atoms in total. The van der Waals surface area contributed by atoms with E-state index in [2.05, 4.69) is 49.8 Å². The summed E-state index contributed by atoms with van der Waals surface area (Å²) in [5, 5.41) is 11.0. The summed E-state index contributed by atoms with van der Waals surface area (Å²) in [6.45, 7) is 6.59. The van der Waals surface area contributed by atoms with Crippen LogP contribution in [0.1, 0.15) is 49.4 Å². The van der Waals surface area contributed by atoms with Gasteiger partial charge in [0.15, 0.2) is 5.16 Å². The maximum atomic E-state index is 6.52. The molecule has 7 heteroatoms. The Morgan fingerprint density at radius 2 is 1.77 bits per heavy atom. The van der Waals surface area contributed by atoms with Crippen molar-refractivity contribution in [3.05, 3.63) is 46.8 Å². The second-order valence-corrected chi connectivity index (χ2v) is 10.3. The highest BCUT2D eigenvalue weighted by atomic mass is 35.5. The molecule has 31 heavy (non-hydrogen) atoms. The quantitative estimate of drug-likeness (QED) is 0.527. The van der Waals surface area contributed by atoms with Gasteiger partial charge in [-0.2, -0.15) is 0 Å². The van der Waals surface area contributed by atoms with E-state index in [1.165, 1.54) is 32.4 Å². The van der Waals surface area contributed by atoms with Crippen LogP contribution < -0.4 is 0 Å². The van der Waals surface area contributed by atoms with E-state index in [4.69, 9.17) is 11.6 Å². The van der Waals surface area contributed by atoms with Crippen molar-refractivity contribution in [2.75, 3.05) is 45.0 Å². The van der Waals surface area contributed by atoms with Gasteiger partial charge in [0.25, 0.3) is 0 Å². The van der Waals surface area contributed by atoms with E-state index in [1.54, 1.807) is 0 Å². The molecule has 0 aliphatic carbocycles. The number of nitrogens with zero attached hydrogens (tertiary/aromatic N) is 5. The monoisotopic (exact) mass is 459 g/mol. The molecule has 4 rings (SSSR count). The Balaban J connectivity index is 1.23. The summed E-state index contributed by atoms with van der Waals surface area (Å²) in [6, 6.07) is 10.3. The van der Waals surface area contributed by atoms with Crippen molar-refractivity contribution in [2.45, 2.75) is 43.2 Å². The zero-order valence-corrected chi connectivity index (χ0v) is 20.1. The first kappa shape index (κ1) is 22.8. The highest BCUT2D eigenvalue weighted by Crippen LogP contribution is 2.29. The molecule has 2 fully saturated rings. The lowest BCUT2D eigenvalue weighted by Gasteiger charge is -2.31. The molecule has 0 amide bonds. The molecule has 2 aliphatic rings. The molecule has 2 saturated heterocycles. The molecule has 0 saturated carbocycles. The Morgan fingerprint density at radius 1 is 1.03 bits per heavy atom. The fraction of sp³-hybridized carbons (Fsp3) is 0.583. The third-order valence-corrected chi connectivity index (χ3v) is 7.64. The Kier molecular flexibility index (Phi) is 8.48. The fourth-order valence-electron chi connectivity index (χ4n) is 4.60. The number of piperidine rings is 2. The minimum absolute atomic E-state index is 0.488. The highest BCUT2D eigenvalue weighted by Gasteiger charge is 2.25. The normalized spacial score (nSPS) is 19.7. The molecular formula is C24H34ClN5S. The third-order valence-electron chi connectivity index (χ3n) is 6.41. The molecule has 0 bridgehead atoms. The summed E-state index contributed by atoms with van der Waals surface area (Å²) >= 11 is 8.37. The number of benzene rings is 1. The first-order chi connectivity index (χ1) is 15.2. The molecule has 1 aromatic carbocycles. The van der Waals surface area contributed by atoms with Crippen molar-refractivity contribution in [2.24, 2.45) is 7.05 Å². The second kappa shape index (κ2) is 11.5. The van der Waals surface area contributed by atoms with Crippen LogP contribution >= 0.6 is 23.4 Å². The molecule has 0 unspecified atom stereocenters. The Morgan fingerprint density at radius 3 is 2.52 bits per heavy atom. The first-order valence-electron chi connectivity index (χ1n) is 11.6. The van der Waals surface area contributed by atoms with Crippen molar-refractivity contribution in [1.82, 2.24) is 24.6 Å². The average Bonchev–Trinajstić information content (AvgIpc) is 3.16. The summed E-state index contributed by atoms with van der Waals surface area (Å²) in [4.78, 5) is 5.03. The molecule has 1 aromatic heterocycles. The van der Waals surface area contributed by atoms with Crippen LogP contribution in [-0.4, -0.2) is 69.6 Å². The first-order valence-corrected chi connectivity index (χ1v) is 12.9. The molecule has 0 N–H and O–H groups in total. The molecule has 2 aromatic rings. The van der Waals surface area contributed by atoms with Crippen molar-refractivity contribution in [3.63, 3.8) is 0 Å². The van der Waals surface area contributed by atoms with Crippen molar-refractivity contribution in [3.8, 4) is 0 Å². The Hall–Kier alpha value is -1.34. The highest BCUT2D eigenvalue weighted by molar-refractivity contribution is 7.99. The van der Waals surface area contributed by atoms with Crippen LogP contribution in [0.5, 0.6) is 0 Å². The summed E-state index contributed by atoms with van der Waals surface area (Å²) in [7, 11) is 2.13. The average molecular weight is 460 g/mol. The van der Waals surface area contributed by atoms with Gasteiger partial charge in [0.2, 0.25) is 0 Å². The number of halogens is 1. The zero-order chi connectivity index (χ0) is 21.5. The predicted molar refractivity (Wildman–Crippen MR) is 131 cm³/mol. The number of likely N-dealkylation sites (tertiary alicyclic amines) is 2. The van der Waals surface area contributed by atoms with Gasteiger partial charge in [-0.05, 0) is 63.5 Å². The van der Waals surface area contributed by atoms with Crippen molar-refractivity contribution < 1.29 is 0 Å². The van der Waals surface area contributed by atoms with Crippen LogP contribution in [0.15, 0.2) is 40.5 Å². The second-order valence-electron chi connectivity index (χ2n) is 8.70. The van der Waals surface area contributed by atoms with Crippen LogP contribution in [-0.2, 0) is 7.05 Å². The van der Waals surface area contributed by atoms with E-state index in [1.807, 2.05) is 30.0 Å². The largest absolute Gasteiger partial charge is 0.309 e. The van der Waals surface area contributed by atoms with E-state index < -0.39 is 0 Å². The zero-order valence-electron chi connectivity index (χ0n) is 18.5. The van der Waals surface area contributed by atoms with Gasteiger partial charge in [-0.25, -0.2) is 0 Å². The molecule has 3 heterocycles. The molecule has 168 valence electrons. The molecule has 0 spiro atoms. The summed E-state index contributed by atoms with van der Waals surface area (Å²) < 4.78 is 2.23. The number of thioether (sulfide) groups is 1. The topological polar surface area (TPSA) is 37.2 Å². The standard InChI is InChI=1S/C24H34ClN5S/c1-28-23(26-27-24(28)31-17-16-29-12-6-3-7-13-29)21-10-14-30(15-11-21)19-22(25)18-20-8-4-2-5-9-20/h2,4-5,8-9,18,21H,3,6-7,10-17,19H2,1H3. The van der Waals surface area contributed by atoms with Crippen LogP contribution in [0.25, 0.3) is 6.08 Å². The van der Waals surface area contributed by atoms with E-state index in [0.29, 0.717) is 5.92 Å². The van der Waals surface area contributed by atoms with Gasteiger partial charge in [-0.3, -0.25) is 4.90 Å². The SMILES string of the molecule is Cn1c(SCCN2CCCCC2)nnc1C1CCN(CC(Cl)=Cc2ccccc2)CC1. The van der Waals surface area contributed by atoms with Gasteiger partial charge < -0.3 is 9.47 Å². The van der Waals surface area contributed by atoms with E-state index in [9.17, 15) is 0 Å². The molecular weight excluding hydrogens is 426 g/mol.